The van der Waals surface area contributed by atoms with Crippen LogP contribution in [0, 0.1) is 0 Å². The van der Waals surface area contributed by atoms with Crippen LogP contribution in [0.5, 0.6) is 0 Å². The highest BCUT2D eigenvalue weighted by atomic mass is 35.5. The summed E-state index contributed by atoms with van der Waals surface area (Å²) in [7, 11) is 0. The van der Waals surface area contributed by atoms with Gasteiger partial charge in [-0.25, -0.2) is 0 Å². The predicted molar refractivity (Wildman–Crippen MR) is 92.2 cm³/mol. The van der Waals surface area contributed by atoms with Crippen molar-refractivity contribution in [2.24, 2.45) is 0 Å². The number of carbonyl (C=O) groups is 2. The van der Waals surface area contributed by atoms with Gasteiger partial charge < -0.3 is 10.4 Å². The van der Waals surface area contributed by atoms with Gasteiger partial charge in [-0.05, 0) is 29.8 Å². The molecule has 0 fully saturated rings. The lowest BCUT2D eigenvalue weighted by molar-refractivity contribution is -0.141. The molecule has 3 N–H and O–H groups in total. The molecule has 126 valence electrons. The van der Waals surface area contributed by atoms with Crippen molar-refractivity contribution in [2.75, 3.05) is 5.32 Å². The zero-order chi connectivity index (χ0) is 17.5. The molecule has 8 heteroatoms. The van der Waals surface area contributed by atoms with Gasteiger partial charge in [0, 0.05) is 24.6 Å². The first-order chi connectivity index (χ1) is 11.5. The second-order valence-corrected chi connectivity index (χ2v) is 5.83. The Morgan fingerprint density at radius 2 is 2.00 bits per heavy atom. The Morgan fingerprint density at radius 1 is 1.21 bits per heavy atom. The topological polar surface area (TPSA) is 91.3 Å². The fourth-order valence-electron chi connectivity index (χ4n) is 1.96. The largest absolute Gasteiger partial charge is 0.480 e. The normalized spacial score (nSPS) is 11.8. The average Bonchev–Trinajstić information content (AvgIpc) is 2.55. The van der Waals surface area contributed by atoms with Crippen LogP contribution in [0.4, 0.5) is 5.69 Å². The number of benzene rings is 1. The second-order valence-electron chi connectivity index (χ2n) is 5.01. The number of hydrogen-bond donors (Lipinski definition) is 3. The van der Waals surface area contributed by atoms with Crippen LogP contribution in [0.25, 0.3) is 0 Å². The van der Waals surface area contributed by atoms with Gasteiger partial charge in [0.15, 0.2) is 0 Å². The standard InChI is InChI=1S/C16H15Cl2N3O3/c17-12-4-3-11(6-13(12)18)21-15(22)7-14(16(23)24)20-9-10-2-1-5-19-8-10/h1-6,8,14,20H,7,9H2,(H,21,22)(H,23,24)/t14-/m0/s1. The van der Waals surface area contributed by atoms with Gasteiger partial charge in [0.1, 0.15) is 6.04 Å². The number of halogens is 2. The highest BCUT2D eigenvalue weighted by Crippen LogP contribution is 2.25. The van der Waals surface area contributed by atoms with Gasteiger partial charge in [-0.15, -0.1) is 0 Å². The van der Waals surface area contributed by atoms with Gasteiger partial charge in [-0.1, -0.05) is 29.3 Å². The number of amides is 1. The molecule has 0 aliphatic carbocycles. The molecule has 1 heterocycles. The smallest absolute Gasteiger partial charge is 0.321 e. The summed E-state index contributed by atoms with van der Waals surface area (Å²) in [6.07, 6.45) is 3.03. The molecule has 0 radical (unpaired) electrons. The summed E-state index contributed by atoms with van der Waals surface area (Å²) in [5.74, 6) is -1.55. The van der Waals surface area contributed by atoms with E-state index in [1.165, 1.54) is 6.07 Å². The molecular weight excluding hydrogens is 353 g/mol. The lowest BCUT2D eigenvalue weighted by atomic mass is 10.1. The number of rotatable bonds is 7. The maximum absolute atomic E-state index is 12.0. The number of pyridine rings is 1. The van der Waals surface area contributed by atoms with E-state index in [1.807, 2.05) is 6.07 Å². The summed E-state index contributed by atoms with van der Waals surface area (Å²) < 4.78 is 0. The Hall–Kier alpha value is -2.15. The Labute approximate surface area is 148 Å². The number of carbonyl (C=O) groups excluding carboxylic acids is 1. The zero-order valence-electron chi connectivity index (χ0n) is 12.5. The van der Waals surface area contributed by atoms with Crippen LogP contribution >= 0.6 is 23.2 Å². The fraction of sp³-hybridized carbons (Fsp3) is 0.188. The van der Waals surface area contributed by atoms with Crippen LogP contribution in [-0.2, 0) is 16.1 Å². The van der Waals surface area contributed by atoms with Crippen molar-refractivity contribution >= 4 is 40.8 Å². The van der Waals surface area contributed by atoms with Crippen LogP contribution in [-0.4, -0.2) is 28.0 Å². The van der Waals surface area contributed by atoms with E-state index >= 15 is 0 Å². The zero-order valence-corrected chi connectivity index (χ0v) is 14.0. The van der Waals surface area contributed by atoms with Crippen molar-refractivity contribution in [3.05, 3.63) is 58.3 Å². The van der Waals surface area contributed by atoms with Crippen LogP contribution in [0.3, 0.4) is 0 Å². The van der Waals surface area contributed by atoms with E-state index in [9.17, 15) is 14.7 Å². The third kappa shape index (κ3) is 5.49. The number of aromatic nitrogens is 1. The molecule has 1 atom stereocenters. The quantitative estimate of drug-likeness (QED) is 0.699. The number of hydrogen-bond acceptors (Lipinski definition) is 4. The molecule has 1 aromatic heterocycles. The maximum atomic E-state index is 12.0. The summed E-state index contributed by atoms with van der Waals surface area (Å²) >= 11 is 11.7. The first-order valence-electron chi connectivity index (χ1n) is 7.05. The number of carboxylic acids is 1. The maximum Gasteiger partial charge on any atom is 0.321 e. The SMILES string of the molecule is O=C(C[C@H](NCc1cccnc1)C(=O)O)Nc1ccc(Cl)c(Cl)c1. The van der Waals surface area contributed by atoms with Crippen LogP contribution in [0.15, 0.2) is 42.7 Å². The summed E-state index contributed by atoms with van der Waals surface area (Å²) in [5, 5.41) is 15.3. The minimum Gasteiger partial charge on any atom is -0.480 e. The van der Waals surface area contributed by atoms with E-state index in [-0.39, 0.29) is 6.42 Å². The second kappa shape index (κ2) is 8.63. The number of aliphatic carboxylic acids is 1. The van der Waals surface area contributed by atoms with Crippen LogP contribution < -0.4 is 10.6 Å². The lowest BCUT2D eigenvalue weighted by Crippen LogP contribution is -2.39. The molecule has 1 aromatic carbocycles. The van der Waals surface area contributed by atoms with Gasteiger partial charge in [-0.2, -0.15) is 0 Å². The van der Waals surface area contributed by atoms with Crippen LogP contribution in [0.2, 0.25) is 10.0 Å². The van der Waals surface area contributed by atoms with E-state index in [0.29, 0.717) is 22.3 Å². The third-order valence-electron chi connectivity index (χ3n) is 3.17. The summed E-state index contributed by atoms with van der Waals surface area (Å²) in [6, 6.07) is 7.19. The number of nitrogens with zero attached hydrogens (tertiary/aromatic N) is 1. The minimum atomic E-state index is -1.11. The average molecular weight is 368 g/mol. The highest BCUT2D eigenvalue weighted by Gasteiger charge is 2.21. The molecule has 0 saturated heterocycles. The predicted octanol–water partition coefficient (Wildman–Crippen LogP) is 2.96. The Kier molecular flexibility index (Phi) is 6.54. The lowest BCUT2D eigenvalue weighted by Gasteiger charge is -2.14. The molecule has 0 aliphatic heterocycles. The molecular formula is C16H15Cl2N3O3. The molecule has 24 heavy (non-hydrogen) atoms. The summed E-state index contributed by atoms with van der Waals surface area (Å²) in [5.41, 5.74) is 1.28. The molecule has 0 aliphatic rings. The molecule has 0 bridgehead atoms. The van der Waals surface area contributed by atoms with E-state index < -0.39 is 17.9 Å². The van der Waals surface area contributed by atoms with Gasteiger partial charge in [0.2, 0.25) is 5.91 Å². The van der Waals surface area contributed by atoms with Crippen molar-refractivity contribution in [1.82, 2.24) is 10.3 Å². The monoisotopic (exact) mass is 367 g/mol. The third-order valence-corrected chi connectivity index (χ3v) is 3.91. The number of nitrogens with one attached hydrogen (secondary N) is 2. The van der Waals surface area contributed by atoms with Gasteiger partial charge in [0.25, 0.3) is 0 Å². The number of anilines is 1. The fourth-order valence-corrected chi connectivity index (χ4v) is 2.26. The molecule has 2 aromatic rings. The van der Waals surface area contributed by atoms with Crippen molar-refractivity contribution < 1.29 is 14.7 Å². The Balaban J connectivity index is 1.92. The Bertz CT molecular complexity index is 726. The van der Waals surface area contributed by atoms with Crippen molar-refractivity contribution in [3.63, 3.8) is 0 Å². The first kappa shape index (κ1) is 18.2. The molecule has 6 nitrogen and oxygen atoms in total. The van der Waals surface area contributed by atoms with Crippen molar-refractivity contribution in [2.45, 2.75) is 19.0 Å². The van der Waals surface area contributed by atoms with E-state index in [4.69, 9.17) is 23.2 Å². The first-order valence-corrected chi connectivity index (χ1v) is 7.81. The van der Waals surface area contributed by atoms with E-state index in [0.717, 1.165) is 5.56 Å². The van der Waals surface area contributed by atoms with Gasteiger partial charge in [0.05, 0.1) is 16.5 Å². The van der Waals surface area contributed by atoms with E-state index in [2.05, 4.69) is 15.6 Å². The van der Waals surface area contributed by atoms with Crippen molar-refractivity contribution in [3.8, 4) is 0 Å². The molecule has 0 saturated carbocycles. The highest BCUT2D eigenvalue weighted by molar-refractivity contribution is 6.42. The van der Waals surface area contributed by atoms with Crippen molar-refractivity contribution in [1.29, 1.82) is 0 Å². The van der Waals surface area contributed by atoms with Gasteiger partial charge in [-0.3, -0.25) is 19.9 Å². The molecule has 0 spiro atoms. The number of carboxylic acid groups (broad SMARTS) is 1. The van der Waals surface area contributed by atoms with Gasteiger partial charge >= 0.3 is 5.97 Å². The molecule has 0 unspecified atom stereocenters. The Morgan fingerprint density at radius 3 is 2.62 bits per heavy atom. The summed E-state index contributed by atoms with van der Waals surface area (Å²) in [6.45, 7) is 0.296. The summed E-state index contributed by atoms with van der Waals surface area (Å²) in [4.78, 5) is 27.3. The minimum absolute atomic E-state index is 0.226. The molecule has 1 amide bonds. The van der Waals surface area contributed by atoms with Crippen LogP contribution in [0.1, 0.15) is 12.0 Å². The van der Waals surface area contributed by atoms with E-state index in [1.54, 1.807) is 30.6 Å². The molecule has 2 rings (SSSR count).